The number of benzene rings is 6. The van der Waals surface area contributed by atoms with Crippen molar-refractivity contribution in [1.29, 1.82) is 5.26 Å². The van der Waals surface area contributed by atoms with Crippen molar-refractivity contribution in [3.63, 3.8) is 0 Å². The van der Waals surface area contributed by atoms with Gasteiger partial charge in [-0.2, -0.15) is 5.26 Å². The van der Waals surface area contributed by atoms with E-state index in [-0.39, 0.29) is 50.8 Å². The lowest BCUT2D eigenvalue weighted by Crippen LogP contribution is -2.24. The molecule has 0 saturated carbocycles. The van der Waals surface area contributed by atoms with Crippen LogP contribution < -0.4 is 20.1 Å². The summed E-state index contributed by atoms with van der Waals surface area (Å²) in [5.41, 5.74) is 1.92. The van der Waals surface area contributed by atoms with Crippen LogP contribution in [0.15, 0.2) is 109 Å². The molecular formula is C59H63N3O8. The fourth-order valence-corrected chi connectivity index (χ4v) is 8.95. The molecule has 0 aliphatic heterocycles. The van der Waals surface area contributed by atoms with Crippen molar-refractivity contribution in [3.8, 4) is 40.6 Å². The van der Waals surface area contributed by atoms with Gasteiger partial charge in [-0.1, -0.05) is 139 Å². The Morgan fingerprint density at radius 3 is 1.40 bits per heavy atom. The summed E-state index contributed by atoms with van der Waals surface area (Å²) >= 11 is 0. The first kappa shape index (κ1) is 50.3. The fraction of sp³-hybridized carbons (Fsp3) is 0.322. The highest BCUT2D eigenvalue weighted by Crippen LogP contribution is 2.51. The second kappa shape index (κ2) is 24.6. The predicted molar refractivity (Wildman–Crippen MR) is 275 cm³/mol. The monoisotopic (exact) mass is 941 g/mol. The van der Waals surface area contributed by atoms with Gasteiger partial charge in [0.05, 0.1) is 63.2 Å². The third-order valence-corrected chi connectivity index (χ3v) is 12.8. The average molecular weight is 942 g/mol. The minimum Gasteiger partial charge on any atom is -0.504 e. The zero-order valence-corrected chi connectivity index (χ0v) is 40.5. The fourth-order valence-electron chi connectivity index (χ4n) is 8.95. The van der Waals surface area contributed by atoms with Gasteiger partial charge in [-0.3, -0.25) is 9.59 Å². The van der Waals surface area contributed by atoms with Crippen LogP contribution >= 0.6 is 0 Å². The van der Waals surface area contributed by atoms with Gasteiger partial charge in [0, 0.05) is 12.1 Å². The number of nitrogens with one attached hydrogen (secondary N) is 2. The highest BCUT2D eigenvalue weighted by Gasteiger charge is 2.41. The number of aryl methyl sites for hydroxylation is 2. The Labute approximate surface area is 411 Å². The molecule has 70 heavy (non-hydrogen) atoms. The van der Waals surface area contributed by atoms with Gasteiger partial charge in [0.1, 0.15) is 17.6 Å². The second-order valence-corrected chi connectivity index (χ2v) is 17.9. The summed E-state index contributed by atoms with van der Waals surface area (Å²) in [5.74, 6) is -3.07. The molecule has 0 radical (unpaired) electrons. The van der Waals surface area contributed by atoms with Crippen LogP contribution in [0.25, 0.3) is 0 Å². The number of rotatable bonds is 25. The SMILES string of the molecule is CCCCCCCCCc1ccc(Oc2cc(Nc3ccccc3C#N)c3c(c2O)C(=O)c2c(Nc4ccccc4C(=O)OC)cc(Oc4ccc(CCCCCCCCC)cc4)c(O)c2C3=O)cc1. The normalized spacial score (nSPS) is 11.6. The van der Waals surface area contributed by atoms with E-state index in [0.29, 0.717) is 17.2 Å². The van der Waals surface area contributed by atoms with E-state index >= 15 is 9.59 Å². The van der Waals surface area contributed by atoms with Crippen LogP contribution in [0.5, 0.6) is 34.5 Å². The van der Waals surface area contributed by atoms with Gasteiger partial charge < -0.3 is 35.1 Å². The number of carbonyl (C=O) groups excluding carboxylic acids is 3. The van der Waals surface area contributed by atoms with E-state index in [0.717, 1.165) is 49.7 Å². The van der Waals surface area contributed by atoms with Gasteiger partial charge in [0.2, 0.25) is 11.6 Å². The van der Waals surface area contributed by atoms with Crippen LogP contribution in [0.2, 0.25) is 0 Å². The minimum atomic E-state index is -0.830. The molecule has 362 valence electrons. The first-order valence-corrected chi connectivity index (χ1v) is 24.8. The van der Waals surface area contributed by atoms with Gasteiger partial charge in [-0.05, 0) is 85.3 Å². The van der Waals surface area contributed by atoms with Crippen molar-refractivity contribution < 1.29 is 38.8 Å². The number of unbranched alkanes of at least 4 members (excludes halogenated alkanes) is 12. The molecule has 11 nitrogen and oxygen atoms in total. The summed E-state index contributed by atoms with van der Waals surface area (Å²) in [6.07, 6.45) is 18.7. The zero-order valence-electron chi connectivity index (χ0n) is 40.5. The van der Waals surface area contributed by atoms with Crippen LogP contribution in [0.3, 0.4) is 0 Å². The van der Waals surface area contributed by atoms with Crippen molar-refractivity contribution in [1.82, 2.24) is 0 Å². The van der Waals surface area contributed by atoms with Crippen LogP contribution in [-0.4, -0.2) is 34.9 Å². The smallest absolute Gasteiger partial charge is 0.339 e. The lowest BCUT2D eigenvalue weighted by Gasteiger charge is -2.27. The number of phenols is 2. The van der Waals surface area contributed by atoms with Crippen LogP contribution in [0.1, 0.15) is 163 Å². The Morgan fingerprint density at radius 2 is 0.943 bits per heavy atom. The summed E-state index contributed by atoms with van der Waals surface area (Å²) in [6.45, 7) is 4.43. The van der Waals surface area contributed by atoms with E-state index in [4.69, 9.17) is 14.2 Å². The third-order valence-electron chi connectivity index (χ3n) is 12.8. The summed E-state index contributed by atoms with van der Waals surface area (Å²) in [5, 5.41) is 40.6. The van der Waals surface area contributed by atoms with Crippen LogP contribution in [0, 0.1) is 11.3 Å². The lowest BCUT2D eigenvalue weighted by molar-refractivity contribution is 0.0601. The molecule has 0 aromatic heterocycles. The number of carbonyl (C=O) groups is 3. The van der Waals surface area contributed by atoms with E-state index in [1.165, 1.54) is 83.5 Å². The number of anilines is 4. The first-order chi connectivity index (χ1) is 34.1. The number of ketones is 2. The molecule has 4 N–H and O–H groups in total. The van der Waals surface area contributed by atoms with E-state index in [1.54, 1.807) is 72.8 Å². The Hall–Kier alpha value is -7.58. The topological polar surface area (TPSA) is 167 Å². The lowest BCUT2D eigenvalue weighted by atomic mass is 9.80. The number of hydrogen-bond acceptors (Lipinski definition) is 11. The zero-order chi connectivity index (χ0) is 49.4. The molecule has 7 rings (SSSR count). The van der Waals surface area contributed by atoms with Gasteiger partial charge in [-0.25, -0.2) is 4.79 Å². The quantitative estimate of drug-likeness (QED) is 0.0245. The minimum absolute atomic E-state index is 0.00492. The number of phenolic OH excluding ortho intramolecular Hbond substituents is 2. The van der Waals surface area contributed by atoms with Gasteiger partial charge in [0.15, 0.2) is 23.0 Å². The molecular weight excluding hydrogens is 879 g/mol. The first-order valence-electron chi connectivity index (χ1n) is 24.8. The van der Waals surface area contributed by atoms with Crippen molar-refractivity contribution in [3.05, 3.63) is 154 Å². The Bertz CT molecular complexity index is 2830. The maximum Gasteiger partial charge on any atom is 0.339 e. The number of ether oxygens (including phenoxy) is 3. The molecule has 6 aromatic carbocycles. The molecule has 0 atom stereocenters. The molecule has 0 unspecified atom stereocenters. The maximum atomic E-state index is 15.2. The average Bonchev–Trinajstić information content (AvgIpc) is 3.37. The molecule has 0 heterocycles. The van der Waals surface area contributed by atoms with Crippen molar-refractivity contribution in [2.24, 2.45) is 0 Å². The highest BCUT2D eigenvalue weighted by molar-refractivity contribution is 6.34. The standard InChI is InChI=1S/C59H63N3O8/c1-4-6-8-10-12-14-16-22-39-28-32-42(33-29-39)69-49-36-47(61-45-26-20-18-24-41(45)38-60)51-53(55(49)63)58(66)52-48(62-46-27-21-19-25-44(46)59(67)68-3)37-50(56(64)54(52)57(51)65)70-43-34-30-40(31-35-43)23-17-15-13-11-9-7-5-2/h18-21,24-37,61-64H,4-17,22-23H2,1-3H3. The van der Waals surface area contributed by atoms with Crippen LogP contribution in [-0.2, 0) is 17.6 Å². The van der Waals surface area contributed by atoms with Crippen molar-refractivity contribution in [2.75, 3.05) is 17.7 Å². The summed E-state index contributed by atoms with van der Waals surface area (Å²) < 4.78 is 17.7. The largest absolute Gasteiger partial charge is 0.504 e. The van der Waals surface area contributed by atoms with Crippen LogP contribution in [0.4, 0.5) is 22.7 Å². The Morgan fingerprint density at radius 1 is 0.529 bits per heavy atom. The highest BCUT2D eigenvalue weighted by atomic mass is 16.5. The van der Waals surface area contributed by atoms with Crippen molar-refractivity contribution in [2.45, 2.75) is 117 Å². The van der Waals surface area contributed by atoms with E-state index in [1.807, 2.05) is 24.3 Å². The van der Waals surface area contributed by atoms with E-state index < -0.39 is 40.2 Å². The molecule has 1 aliphatic carbocycles. The molecule has 0 fully saturated rings. The number of aromatic hydroxyl groups is 2. The number of hydrogen-bond donors (Lipinski definition) is 4. The predicted octanol–water partition coefficient (Wildman–Crippen LogP) is 15.2. The van der Waals surface area contributed by atoms with E-state index in [9.17, 15) is 20.3 Å². The second-order valence-electron chi connectivity index (χ2n) is 17.9. The number of esters is 1. The van der Waals surface area contributed by atoms with E-state index in [2.05, 4.69) is 30.6 Å². The number of methoxy groups -OCH3 is 1. The summed E-state index contributed by atoms with van der Waals surface area (Å²) in [6, 6.07) is 33.1. The third kappa shape index (κ3) is 12.2. The Balaban J connectivity index is 1.27. The molecule has 0 saturated heterocycles. The molecule has 0 spiro atoms. The molecule has 6 aromatic rings. The summed E-state index contributed by atoms with van der Waals surface area (Å²) in [4.78, 5) is 43.4. The van der Waals surface area contributed by atoms with Gasteiger partial charge in [0.25, 0.3) is 0 Å². The van der Waals surface area contributed by atoms with Gasteiger partial charge in [-0.15, -0.1) is 0 Å². The van der Waals surface area contributed by atoms with Gasteiger partial charge >= 0.3 is 5.97 Å². The molecule has 0 amide bonds. The van der Waals surface area contributed by atoms with Crippen molar-refractivity contribution >= 4 is 40.3 Å². The molecule has 11 heteroatoms. The number of nitrogens with zero attached hydrogens (tertiary/aromatic N) is 1. The number of nitriles is 1. The maximum absolute atomic E-state index is 15.2. The molecule has 1 aliphatic rings. The summed E-state index contributed by atoms with van der Waals surface area (Å²) in [7, 11) is 1.25. The number of para-hydroxylation sites is 2. The number of fused-ring (bicyclic) bond motifs is 2. The Kier molecular flexibility index (Phi) is 17.7. The molecule has 0 bridgehead atoms.